The molecule has 0 unspecified atom stereocenters. The van der Waals surface area contributed by atoms with Crippen molar-refractivity contribution in [3.8, 4) is 0 Å². The highest BCUT2D eigenvalue weighted by Gasteiger charge is 2.29. The third-order valence-corrected chi connectivity index (χ3v) is 5.07. The number of hydrogen-bond donors (Lipinski definition) is 0. The van der Waals surface area contributed by atoms with Crippen molar-refractivity contribution < 1.29 is 4.79 Å². The number of carbonyl (C=O) groups excluding carboxylic acids is 1. The van der Waals surface area contributed by atoms with Gasteiger partial charge in [0, 0.05) is 43.0 Å². The van der Waals surface area contributed by atoms with Crippen molar-refractivity contribution in [1.29, 1.82) is 0 Å². The normalized spacial score (nSPS) is 17.9. The summed E-state index contributed by atoms with van der Waals surface area (Å²) < 4.78 is 1.68. The number of rotatable bonds is 4. The van der Waals surface area contributed by atoms with Crippen LogP contribution in [0.5, 0.6) is 0 Å². The summed E-state index contributed by atoms with van der Waals surface area (Å²) in [5, 5.41) is 1.84. The first-order valence-corrected chi connectivity index (χ1v) is 8.39. The summed E-state index contributed by atoms with van der Waals surface area (Å²) >= 11 is 1.19. The van der Waals surface area contributed by atoms with Crippen molar-refractivity contribution in [2.24, 2.45) is 0 Å². The van der Waals surface area contributed by atoms with Crippen LogP contribution >= 0.6 is 11.3 Å². The fourth-order valence-electron chi connectivity index (χ4n) is 3.02. The Balaban J connectivity index is 1.68. The van der Waals surface area contributed by atoms with E-state index in [-0.39, 0.29) is 16.8 Å². The lowest BCUT2D eigenvalue weighted by Gasteiger charge is -2.25. The van der Waals surface area contributed by atoms with Crippen LogP contribution in [-0.2, 0) is 11.3 Å². The third-order valence-electron chi connectivity index (χ3n) is 4.19. The van der Waals surface area contributed by atoms with Gasteiger partial charge < -0.3 is 9.47 Å². The van der Waals surface area contributed by atoms with Gasteiger partial charge in [-0.25, -0.2) is 0 Å². The van der Waals surface area contributed by atoms with E-state index in [0.717, 1.165) is 30.6 Å². The number of aromatic nitrogens is 2. The van der Waals surface area contributed by atoms with E-state index in [1.165, 1.54) is 11.3 Å². The molecule has 1 amide bonds. The van der Waals surface area contributed by atoms with Crippen LogP contribution in [0.1, 0.15) is 36.6 Å². The van der Waals surface area contributed by atoms with Crippen molar-refractivity contribution in [3.05, 3.63) is 50.8 Å². The molecule has 0 bridgehead atoms. The van der Waals surface area contributed by atoms with Crippen LogP contribution in [0.2, 0.25) is 0 Å². The maximum Gasteiger partial charge on any atom is 0.307 e. The zero-order valence-electron chi connectivity index (χ0n) is 12.6. The Kier molecular flexibility index (Phi) is 4.38. The molecule has 0 spiro atoms. The van der Waals surface area contributed by atoms with E-state index in [9.17, 15) is 9.59 Å². The Bertz CT molecular complexity index is 708. The van der Waals surface area contributed by atoms with Crippen molar-refractivity contribution in [2.75, 3.05) is 6.54 Å². The summed E-state index contributed by atoms with van der Waals surface area (Å²) in [5.74, 6) is 0.122. The molecule has 2 aromatic rings. The van der Waals surface area contributed by atoms with Gasteiger partial charge in [0.25, 0.3) is 0 Å². The number of pyridine rings is 1. The highest BCUT2D eigenvalue weighted by Crippen LogP contribution is 2.31. The molecule has 22 heavy (non-hydrogen) atoms. The SMILES string of the molecule is Cc1csc(=O)n1CCC(=O)N1CCC[C@H]1c1ccncc1. The number of aryl methyl sites for hydroxylation is 1. The van der Waals surface area contributed by atoms with Gasteiger partial charge in [-0.15, -0.1) is 0 Å². The molecule has 0 aliphatic carbocycles. The van der Waals surface area contributed by atoms with Crippen LogP contribution in [0.15, 0.2) is 34.7 Å². The second-order valence-corrected chi connectivity index (χ2v) is 6.39. The molecular weight excluding hydrogens is 298 g/mol. The van der Waals surface area contributed by atoms with Crippen molar-refractivity contribution in [1.82, 2.24) is 14.5 Å². The summed E-state index contributed by atoms with van der Waals surface area (Å²) in [4.78, 5) is 30.2. The molecular formula is C16H19N3O2S. The quantitative estimate of drug-likeness (QED) is 0.870. The van der Waals surface area contributed by atoms with Crippen molar-refractivity contribution in [2.45, 2.75) is 38.8 Å². The standard InChI is InChI=1S/C16H19N3O2S/c1-12-11-22-16(21)18(12)10-6-15(20)19-9-2-3-14(19)13-4-7-17-8-5-13/h4-5,7-8,11,14H,2-3,6,9-10H2,1H3/t14-/m0/s1. The monoisotopic (exact) mass is 317 g/mol. The lowest BCUT2D eigenvalue weighted by Crippen LogP contribution is -2.32. The molecule has 3 rings (SSSR count). The molecule has 1 aliphatic rings. The van der Waals surface area contributed by atoms with Gasteiger partial charge in [0.15, 0.2) is 0 Å². The van der Waals surface area contributed by atoms with Gasteiger partial charge in [0.05, 0.1) is 6.04 Å². The number of likely N-dealkylation sites (tertiary alicyclic amines) is 1. The second kappa shape index (κ2) is 6.44. The lowest BCUT2D eigenvalue weighted by molar-refractivity contribution is -0.132. The van der Waals surface area contributed by atoms with Crippen molar-refractivity contribution in [3.63, 3.8) is 0 Å². The summed E-state index contributed by atoms with van der Waals surface area (Å²) in [6.07, 6.45) is 5.93. The van der Waals surface area contributed by atoms with Gasteiger partial charge in [-0.3, -0.25) is 14.6 Å². The van der Waals surface area contributed by atoms with Gasteiger partial charge in [0.1, 0.15) is 0 Å². The Labute approximate surface area is 133 Å². The van der Waals surface area contributed by atoms with Gasteiger partial charge >= 0.3 is 4.87 Å². The molecule has 1 aliphatic heterocycles. The van der Waals surface area contributed by atoms with Crippen LogP contribution in [0.4, 0.5) is 0 Å². The molecule has 0 N–H and O–H groups in total. The number of amides is 1. The molecule has 0 radical (unpaired) electrons. The Morgan fingerprint density at radius 1 is 1.41 bits per heavy atom. The summed E-state index contributed by atoms with van der Waals surface area (Å²) in [6, 6.07) is 4.10. The lowest BCUT2D eigenvalue weighted by atomic mass is 10.1. The Morgan fingerprint density at radius 3 is 2.86 bits per heavy atom. The molecule has 0 saturated carbocycles. The van der Waals surface area contributed by atoms with E-state index in [2.05, 4.69) is 4.98 Å². The van der Waals surface area contributed by atoms with E-state index in [4.69, 9.17) is 0 Å². The number of nitrogens with zero attached hydrogens (tertiary/aromatic N) is 3. The smallest absolute Gasteiger partial charge is 0.307 e. The van der Waals surface area contributed by atoms with Gasteiger partial charge in [-0.2, -0.15) is 0 Å². The minimum atomic E-state index is 0.0115. The molecule has 1 fully saturated rings. The maximum atomic E-state index is 12.5. The maximum absolute atomic E-state index is 12.5. The predicted molar refractivity (Wildman–Crippen MR) is 85.9 cm³/mol. The first-order chi connectivity index (χ1) is 10.7. The largest absolute Gasteiger partial charge is 0.336 e. The van der Waals surface area contributed by atoms with E-state index in [0.29, 0.717) is 13.0 Å². The predicted octanol–water partition coefficient (Wildman–Crippen LogP) is 2.37. The van der Waals surface area contributed by atoms with E-state index < -0.39 is 0 Å². The van der Waals surface area contributed by atoms with Crippen LogP contribution in [-0.4, -0.2) is 26.9 Å². The third kappa shape index (κ3) is 2.97. The minimum absolute atomic E-state index is 0.0115. The molecule has 3 heterocycles. The van der Waals surface area contributed by atoms with Gasteiger partial charge in [-0.1, -0.05) is 11.3 Å². The summed E-state index contributed by atoms with van der Waals surface area (Å²) in [7, 11) is 0. The summed E-state index contributed by atoms with van der Waals surface area (Å²) in [5.41, 5.74) is 2.07. The molecule has 5 nitrogen and oxygen atoms in total. The zero-order chi connectivity index (χ0) is 15.5. The average Bonchev–Trinajstić information content (AvgIpc) is 3.14. The Hall–Kier alpha value is -1.95. The fourth-order valence-corrected chi connectivity index (χ4v) is 3.78. The van der Waals surface area contributed by atoms with Crippen LogP contribution < -0.4 is 4.87 Å². The minimum Gasteiger partial charge on any atom is -0.336 e. The van der Waals surface area contributed by atoms with Crippen LogP contribution in [0, 0.1) is 6.92 Å². The molecule has 1 saturated heterocycles. The van der Waals surface area contributed by atoms with Crippen LogP contribution in [0.3, 0.4) is 0 Å². The summed E-state index contributed by atoms with van der Waals surface area (Å²) in [6.45, 7) is 3.16. The zero-order valence-corrected chi connectivity index (χ0v) is 13.4. The number of thiazole rings is 1. The fraction of sp³-hybridized carbons (Fsp3) is 0.438. The first kappa shape index (κ1) is 15.0. The molecule has 2 aromatic heterocycles. The number of carbonyl (C=O) groups is 1. The van der Waals surface area contributed by atoms with Gasteiger partial charge in [0.2, 0.25) is 5.91 Å². The molecule has 116 valence electrons. The topological polar surface area (TPSA) is 55.2 Å². The number of hydrogen-bond acceptors (Lipinski definition) is 4. The van der Waals surface area contributed by atoms with E-state index in [1.807, 2.05) is 29.3 Å². The Morgan fingerprint density at radius 2 is 2.18 bits per heavy atom. The van der Waals surface area contributed by atoms with Gasteiger partial charge in [-0.05, 0) is 37.5 Å². The highest BCUT2D eigenvalue weighted by atomic mass is 32.1. The van der Waals surface area contributed by atoms with Crippen molar-refractivity contribution >= 4 is 17.2 Å². The molecule has 1 atom stereocenters. The van der Waals surface area contributed by atoms with E-state index >= 15 is 0 Å². The van der Waals surface area contributed by atoms with E-state index in [1.54, 1.807) is 17.0 Å². The average molecular weight is 317 g/mol. The molecule has 6 heteroatoms. The van der Waals surface area contributed by atoms with Crippen LogP contribution in [0.25, 0.3) is 0 Å². The molecule has 0 aromatic carbocycles. The first-order valence-electron chi connectivity index (χ1n) is 7.51. The highest BCUT2D eigenvalue weighted by molar-refractivity contribution is 7.07. The second-order valence-electron chi connectivity index (χ2n) is 5.57.